The van der Waals surface area contributed by atoms with Gasteiger partial charge in [0.1, 0.15) is 5.60 Å². The van der Waals surface area contributed by atoms with Crippen LogP contribution < -0.4 is 7.80 Å². The van der Waals surface area contributed by atoms with Crippen LogP contribution >= 0.6 is 23.0 Å². The monoisotopic (exact) mass is 410 g/mol. The Bertz CT molecular complexity index is 742. The van der Waals surface area contributed by atoms with Crippen LogP contribution in [-0.4, -0.2) is 22.6 Å². The zero-order valence-electron chi connectivity index (χ0n) is 11.8. The molecule has 3 aliphatic carbocycles. The largest absolute Gasteiger partial charge is 0.477 e. The topological polar surface area (TPSA) is 55.8 Å². The third kappa shape index (κ3) is 1.24. The van der Waals surface area contributed by atoms with E-state index in [4.69, 9.17) is 7.80 Å². The van der Waals surface area contributed by atoms with Gasteiger partial charge in [0.15, 0.2) is 46.4 Å². The SMILES string of the molecule is O=C1C=CC2(O)[C@@H]3CCCC24c2c(ccc(OI)c2OC14)C3. The van der Waals surface area contributed by atoms with Gasteiger partial charge in [-0.1, -0.05) is 12.5 Å². The van der Waals surface area contributed by atoms with E-state index in [0.29, 0.717) is 11.5 Å². The van der Waals surface area contributed by atoms with E-state index in [1.165, 1.54) is 11.6 Å². The second-order valence-corrected chi connectivity index (χ2v) is 7.27. The summed E-state index contributed by atoms with van der Waals surface area (Å²) in [6, 6.07) is 3.98. The summed E-state index contributed by atoms with van der Waals surface area (Å²) in [6.07, 6.45) is 6.26. The van der Waals surface area contributed by atoms with Gasteiger partial charge in [0.2, 0.25) is 0 Å². The van der Waals surface area contributed by atoms with Crippen molar-refractivity contribution in [3.05, 3.63) is 35.4 Å². The minimum Gasteiger partial charge on any atom is -0.477 e. The zero-order valence-corrected chi connectivity index (χ0v) is 14.0. The van der Waals surface area contributed by atoms with Crippen LogP contribution in [0.1, 0.15) is 30.4 Å². The molecular weight excluding hydrogens is 395 g/mol. The average Bonchev–Trinajstić information content (AvgIpc) is 2.85. The van der Waals surface area contributed by atoms with Crippen molar-refractivity contribution in [3.8, 4) is 11.5 Å². The van der Waals surface area contributed by atoms with Crippen molar-refractivity contribution in [1.29, 1.82) is 0 Å². The first-order valence-corrected chi connectivity index (χ1v) is 8.57. The summed E-state index contributed by atoms with van der Waals surface area (Å²) in [6.45, 7) is 0. The van der Waals surface area contributed by atoms with Gasteiger partial charge in [-0.25, -0.2) is 0 Å². The molecule has 1 aromatic rings. The van der Waals surface area contributed by atoms with Crippen LogP contribution in [0.5, 0.6) is 11.5 Å². The van der Waals surface area contributed by atoms with Crippen molar-refractivity contribution in [2.75, 3.05) is 0 Å². The Kier molecular flexibility index (Phi) is 2.47. The number of halogens is 1. The molecule has 1 spiro atoms. The molecule has 4 atom stereocenters. The fourth-order valence-electron chi connectivity index (χ4n) is 5.27. The number of hydrogen-bond donors (Lipinski definition) is 1. The van der Waals surface area contributed by atoms with E-state index >= 15 is 0 Å². The smallest absolute Gasteiger partial charge is 0.196 e. The zero-order chi connectivity index (χ0) is 15.1. The van der Waals surface area contributed by atoms with Gasteiger partial charge in [0.25, 0.3) is 0 Å². The number of rotatable bonds is 1. The molecule has 114 valence electrons. The van der Waals surface area contributed by atoms with Crippen LogP contribution in [0.3, 0.4) is 0 Å². The van der Waals surface area contributed by atoms with Gasteiger partial charge < -0.3 is 12.9 Å². The number of carbonyl (C=O) groups excluding carboxylic acids is 1. The third-order valence-electron chi connectivity index (χ3n) is 6.11. The first-order valence-electron chi connectivity index (χ1n) is 7.69. The molecular formula is C17H15IO4. The number of ketones is 1. The highest BCUT2D eigenvalue weighted by Crippen LogP contribution is 2.65. The molecule has 22 heavy (non-hydrogen) atoms. The lowest BCUT2D eigenvalue weighted by Crippen LogP contribution is -2.68. The maximum absolute atomic E-state index is 12.5. The lowest BCUT2D eigenvalue weighted by molar-refractivity contribution is -0.144. The summed E-state index contributed by atoms with van der Waals surface area (Å²) >= 11 is 1.84. The van der Waals surface area contributed by atoms with Crippen LogP contribution in [0.25, 0.3) is 0 Å². The molecule has 4 aliphatic rings. The maximum atomic E-state index is 12.5. The van der Waals surface area contributed by atoms with Crippen LogP contribution in [0, 0.1) is 5.92 Å². The van der Waals surface area contributed by atoms with Crippen molar-refractivity contribution in [1.82, 2.24) is 0 Å². The Morgan fingerprint density at radius 1 is 1.41 bits per heavy atom. The van der Waals surface area contributed by atoms with Crippen molar-refractivity contribution in [3.63, 3.8) is 0 Å². The van der Waals surface area contributed by atoms with Crippen molar-refractivity contribution >= 4 is 28.8 Å². The first-order chi connectivity index (χ1) is 10.6. The summed E-state index contributed by atoms with van der Waals surface area (Å²) in [5.74, 6) is 1.41. The second kappa shape index (κ2) is 4.06. The number of ether oxygens (including phenoxy) is 1. The van der Waals surface area contributed by atoms with E-state index in [1.54, 1.807) is 6.08 Å². The van der Waals surface area contributed by atoms with Crippen LogP contribution in [-0.2, 0) is 16.6 Å². The predicted octanol–water partition coefficient (Wildman–Crippen LogP) is 2.64. The molecule has 5 heteroatoms. The Morgan fingerprint density at radius 2 is 2.27 bits per heavy atom. The molecule has 1 N–H and O–H groups in total. The number of benzene rings is 1. The van der Waals surface area contributed by atoms with E-state index in [2.05, 4.69) is 6.07 Å². The van der Waals surface area contributed by atoms with Gasteiger partial charge in [-0.15, -0.1) is 0 Å². The van der Waals surface area contributed by atoms with E-state index in [0.717, 1.165) is 31.2 Å². The van der Waals surface area contributed by atoms with E-state index < -0.39 is 17.1 Å². The minimum atomic E-state index is -0.980. The summed E-state index contributed by atoms with van der Waals surface area (Å²) in [4.78, 5) is 12.5. The highest BCUT2D eigenvalue weighted by Gasteiger charge is 2.70. The van der Waals surface area contributed by atoms with Gasteiger partial charge in [0, 0.05) is 5.56 Å². The van der Waals surface area contributed by atoms with Gasteiger partial charge >= 0.3 is 0 Å². The Balaban J connectivity index is 1.90. The molecule has 1 aromatic carbocycles. The van der Waals surface area contributed by atoms with E-state index in [9.17, 15) is 9.90 Å². The summed E-state index contributed by atoms with van der Waals surface area (Å²) < 4.78 is 11.5. The maximum Gasteiger partial charge on any atom is 0.196 e. The van der Waals surface area contributed by atoms with Crippen LogP contribution in [0.15, 0.2) is 24.3 Å². The molecule has 5 rings (SSSR count). The predicted molar refractivity (Wildman–Crippen MR) is 87.3 cm³/mol. The number of carbonyl (C=O) groups is 1. The van der Waals surface area contributed by atoms with Gasteiger partial charge in [-0.3, -0.25) is 4.79 Å². The summed E-state index contributed by atoms with van der Waals surface area (Å²) in [5, 5.41) is 11.5. The molecule has 2 bridgehead atoms. The molecule has 3 unspecified atom stereocenters. The molecule has 1 saturated carbocycles. The molecule has 0 saturated heterocycles. The van der Waals surface area contributed by atoms with E-state index in [1.807, 2.05) is 29.1 Å². The second-order valence-electron chi connectivity index (χ2n) is 6.83. The molecule has 4 nitrogen and oxygen atoms in total. The molecule has 1 aliphatic heterocycles. The van der Waals surface area contributed by atoms with Gasteiger partial charge in [-0.2, -0.15) is 0 Å². The number of aliphatic hydroxyl groups is 1. The highest BCUT2D eigenvalue weighted by molar-refractivity contribution is 14.1. The molecule has 0 aromatic heterocycles. The third-order valence-corrected chi connectivity index (χ3v) is 6.58. The van der Waals surface area contributed by atoms with Crippen molar-refractivity contribution < 1.29 is 17.7 Å². The lowest BCUT2D eigenvalue weighted by Gasteiger charge is -2.57. The Morgan fingerprint density at radius 3 is 3.09 bits per heavy atom. The molecule has 1 fully saturated rings. The molecule has 0 amide bonds. The quantitative estimate of drug-likeness (QED) is 0.724. The fourth-order valence-corrected chi connectivity index (χ4v) is 5.62. The lowest BCUT2D eigenvalue weighted by atomic mass is 9.47. The van der Waals surface area contributed by atoms with E-state index in [-0.39, 0.29) is 11.7 Å². The van der Waals surface area contributed by atoms with Crippen LogP contribution in [0.2, 0.25) is 0 Å². The molecule has 1 heterocycles. The number of hydrogen-bond acceptors (Lipinski definition) is 4. The Hall–Kier alpha value is -1.08. The van der Waals surface area contributed by atoms with Crippen LogP contribution in [0.4, 0.5) is 0 Å². The summed E-state index contributed by atoms with van der Waals surface area (Å²) in [5.41, 5.74) is 0.608. The van der Waals surface area contributed by atoms with Crippen molar-refractivity contribution in [2.24, 2.45) is 5.92 Å². The average molecular weight is 410 g/mol. The van der Waals surface area contributed by atoms with Gasteiger partial charge in [0.05, 0.1) is 5.41 Å². The highest BCUT2D eigenvalue weighted by atomic mass is 127. The normalized spacial score (nSPS) is 40.2. The summed E-state index contributed by atoms with van der Waals surface area (Å²) in [7, 11) is 0. The van der Waals surface area contributed by atoms with Gasteiger partial charge in [-0.05, 0) is 49.0 Å². The van der Waals surface area contributed by atoms with Crippen molar-refractivity contribution in [2.45, 2.75) is 42.8 Å². The minimum absolute atomic E-state index is 0.0474. The fraction of sp³-hybridized carbons (Fsp3) is 0.471. The first kappa shape index (κ1) is 13.4. The standard InChI is InChI=1S/C17H15IO4/c18-22-12-4-3-9-8-10-2-1-6-16-13(9)14(12)21-15(16)11(19)5-7-17(10,16)20/h3-5,7,10,15,20H,1-2,6,8H2/t10-,15?,16?,17?/m1/s1. The molecule has 0 radical (unpaired) electrons. The Labute approximate surface area is 142 Å².